The average Bonchev–Trinajstić information content (AvgIpc) is 2.39. The Hall–Kier alpha value is -1.78. The summed E-state index contributed by atoms with van der Waals surface area (Å²) in [5.74, 6) is -0.455. The molecule has 5 heteroatoms. The van der Waals surface area contributed by atoms with E-state index in [0.717, 1.165) is 6.54 Å². The van der Waals surface area contributed by atoms with Crippen LogP contribution in [0.15, 0.2) is 12.1 Å². The lowest BCUT2D eigenvalue weighted by Gasteiger charge is -2.29. The van der Waals surface area contributed by atoms with Gasteiger partial charge in [-0.05, 0) is 30.9 Å². The standard InChI is InChI=1S/C15H22FN3O/c1-19(9-10-5-3-2-4-6-10)14-7-11(15(18)20)13(17)8-12(14)16/h7-8,10H,2-6,9,17H2,1H3,(H2,18,20). The van der Waals surface area contributed by atoms with Gasteiger partial charge in [0.1, 0.15) is 5.82 Å². The van der Waals surface area contributed by atoms with Crippen LogP contribution in [0, 0.1) is 11.7 Å². The van der Waals surface area contributed by atoms with E-state index in [1.807, 2.05) is 11.9 Å². The van der Waals surface area contributed by atoms with Gasteiger partial charge < -0.3 is 16.4 Å². The van der Waals surface area contributed by atoms with Crippen molar-refractivity contribution < 1.29 is 9.18 Å². The van der Waals surface area contributed by atoms with E-state index in [0.29, 0.717) is 11.6 Å². The molecule has 4 N–H and O–H groups in total. The molecular formula is C15H22FN3O. The van der Waals surface area contributed by atoms with Crippen LogP contribution in [0.2, 0.25) is 0 Å². The third-order valence-electron chi connectivity index (χ3n) is 4.05. The van der Waals surface area contributed by atoms with Gasteiger partial charge >= 0.3 is 0 Å². The Balaban J connectivity index is 2.17. The van der Waals surface area contributed by atoms with Gasteiger partial charge in [-0.1, -0.05) is 19.3 Å². The highest BCUT2D eigenvalue weighted by molar-refractivity contribution is 5.99. The predicted molar refractivity (Wildman–Crippen MR) is 79.2 cm³/mol. The van der Waals surface area contributed by atoms with Crippen LogP contribution in [0.1, 0.15) is 42.5 Å². The Morgan fingerprint density at radius 1 is 1.35 bits per heavy atom. The number of carbonyl (C=O) groups is 1. The van der Waals surface area contributed by atoms with Gasteiger partial charge in [0.25, 0.3) is 5.91 Å². The Labute approximate surface area is 118 Å². The highest BCUT2D eigenvalue weighted by Crippen LogP contribution is 2.29. The van der Waals surface area contributed by atoms with Gasteiger partial charge in [-0.3, -0.25) is 4.79 Å². The molecule has 0 bridgehead atoms. The van der Waals surface area contributed by atoms with Crippen LogP contribution >= 0.6 is 0 Å². The zero-order valence-corrected chi connectivity index (χ0v) is 11.9. The summed E-state index contributed by atoms with van der Waals surface area (Å²) in [6.45, 7) is 0.791. The first-order valence-corrected chi connectivity index (χ1v) is 7.09. The van der Waals surface area contributed by atoms with Crippen molar-refractivity contribution in [3.8, 4) is 0 Å². The van der Waals surface area contributed by atoms with Crippen LogP contribution in [0.4, 0.5) is 15.8 Å². The SMILES string of the molecule is CN(CC1CCCCC1)c1cc(C(N)=O)c(N)cc1F. The van der Waals surface area contributed by atoms with E-state index in [4.69, 9.17) is 11.5 Å². The quantitative estimate of drug-likeness (QED) is 0.832. The van der Waals surface area contributed by atoms with Crippen molar-refractivity contribution in [1.82, 2.24) is 0 Å². The van der Waals surface area contributed by atoms with Gasteiger partial charge in [0.05, 0.1) is 11.3 Å². The molecule has 1 aliphatic carbocycles. The van der Waals surface area contributed by atoms with E-state index in [1.165, 1.54) is 44.2 Å². The lowest BCUT2D eigenvalue weighted by atomic mass is 9.89. The van der Waals surface area contributed by atoms with E-state index in [9.17, 15) is 9.18 Å². The zero-order chi connectivity index (χ0) is 14.7. The Morgan fingerprint density at radius 3 is 2.60 bits per heavy atom. The molecule has 0 heterocycles. The molecule has 1 aromatic rings. The first kappa shape index (κ1) is 14.6. The van der Waals surface area contributed by atoms with E-state index < -0.39 is 11.7 Å². The number of anilines is 2. The number of nitrogen functional groups attached to an aromatic ring is 1. The smallest absolute Gasteiger partial charge is 0.250 e. The number of nitrogens with two attached hydrogens (primary N) is 2. The molecule has 110 valence electrons. The van der Waals surface area contributed by atoms with Gasteiger partial charge in [-0.15, -0.1) is 0 Å². The molecule has 1 amide bonds. The molecule has 1 aliphatic rings. The largest absolute Gasteiger partial charge is 0.398 e. The topological polar surface area (TPSA) is 72.3 Å². The number of carbonyl (C=O) groups excluding carboxylic acids is 1. The maximum atomic E-state index is 14.0. The second-order valence-corrected chi connectivity index (χ2v) is 5.64. The highest BCUT2D eigenvalue weighted by atomic mass is 19.1. The normalized spacial score (nSPS) is 16.1. The minimum absolute atomic E-state index is 0.0878. The fourth-order valence-corrected chi connectivity index (χ4v) is 2.94. The van der Waals surface area contributed by atoms with Gasteiger partial charge in [0.2, 0.25) is 0 Å². The monoisotopic (exact) mass is 279 g/mol. The Kier molecular flexibility index (Phi) is 4.47. The van der Waals surface area contributed by atoms with Crippen LogP contribution in [0.25, 0.3) is 0 Å². The second kappa shape index (κ2) is 6.11. The summed E-state index contributed by atoms with van der Waals surface area (Å²) in [7, 11) is 1.84. The average molecular weight is 279 g/mol. The van der Waals surface area contributed by atoms with Crippen molar-refractivity contribution in [2.75, 3.05) is 24.2 Å². The summed E-state index contributed by atoms with van der Waals surface area (Å²) in [6.07, 6.45) is 6.15. The number of rotatable bonds is 4. The molecule has 1 saturated carbocycles. The molecule has 0 unspecified atom stereocenters. The lowest BCUT2D eigenvalue weighted by Crippen LogP contribution is -2.28. The summed E-state index contributed by atoms with van der Waals surface area (Å²) >= 11 is 0. The number of hydrogen-bond donors (Lipinski definition) is 2. The molecule has 1 fully saturated rings. The number of amides is 1. The van der Waals surface area contributed by atoms with Crippen molar-refractivity contribution in [3.63, 3.8) is 0 Å². The van der Waals surface area contributed by atoms with Gasteiger partial charge in [-0.2, -0.15) is 0 Å². The molecule has 0 atom stereocenters. The van der Waals surface area contributed by atoms with Gasteiger partial charge in [0, 0.05) is 19.3 Å². The van der Waals surface area contributed by atoms with Crippen molar-refractivity contribution in [2.45, 2.75) is 32.1 Å². The van der Waals surface area contributed by atoms with Crippen LogP contribution in [0.5, 0.6) is 0 Å². The summed E-state index contributed by atoms with van der Waals surface area (Å²) in [5.41, 5.74) is 11.5. The Morgan fingerprint density at radius 2 is 2.00 bits per heavy atom. The van der Waals surface area contributed by atoms with Crippen molar-refractivity contribution >= 4 is 17.3 Å². The fraction of sp³-hybridized carbons (Fsp3) is 0.533. The minimum atomic E-state index is -0.630. The second-order valence-electron chi connectivity index (χ2n) is 5.64. The van der Waals surface area contributed by atoms with Gasteiger partial charge in [-0.25, -0.2) is 4.39 Å². The zero-order valence-electron chi connectivity index (χ0n) is 11.9. The number of nitrogens with zero attached hydrogens (tertiary/aromatic N) is 1. The van der Waals surface area contributed by atoms with E-state index in [2.05, 4.69) is 0 Å². The molecule has 0 aliphatic heterocycles. The van der Waals surface area contributed by atoms with Crippen LogP contribution in [-0.2, 0) is 0 Å². The highest BCUT2D eigenvalue weighted by Gasteiger charge is 2.19. The third kappa shape index (κ3) is 3.21. The number of primary amides is 1. The summed E-state index contributed by atoms with van der Waals surface area (Å²) in [6, 6.07) is 2.63. The van der Waals surface area contributed by atoms with Crippen LogP contribution < -0.4 is 16.4 Å². The van der Waals surface area contributed by atoms with E-state index in [1.54, 1.807) is 0 Å². The van der Waals surface area contributed by atoms with E-state index >= 15 is 0 Å². The molecule has 4 nitrogen and oxygen atoms in total. The van der Waals surface area contributed by atoms with Gasteiger partial charge in [0.15, 0.2) is 0 Å². The molecule has 0 saturated heterocycles. The number of hydrogen-bond acceptors (Lipinski definition) is 3. The maximum Gasteiger partial charge on any atom is 0.250 e. The van der Waals surface area contributed by atoms with Crippen molar-refractivity contribution in [1.29, 1.82) is 0 Å². The molecular weight excluding hydrogens is 257 g/mol. The lowest BCUT2D eigenvalue weighted by molar-refractivity contribution is 0.100. The third-order valence-corrected chi connectivity index (χ3v) is 4.05. The summed E-state index contributed by atoms with van der Waals surface area (Å²) in [4.78, 5) is 13.2. The number of halogens is 1. The molecule has 20 heavy (non-hydrogen) atoms. The Bertz CT molecular complexity index is 498. The predicted octanol–water partition coefficient (Wildman–Crippen LogP) is 2.52. The molecule has 0 aromatic heterocycles. The molecule has 2 rings (SSSR count). The minimum Gasteiger partial charge on any atom is -0.398 e. The van der Waals surface area contributed by atoms with E-state index in [-0.39, 0.29) is 11.3 Å². The summed E-state index contributed by atoms with van der Waals surface area (Å²) < 4.78 is 14.0. The molecule has 1 aromatic carbocycles. The summed E-state index contributed by atoms with van der Waals surface area (Å²) in [5, 5.41) is 0. The first-order chi connectivity index (χ1) is 9.49. The number of benzene rings is 1. The van der Waals surface area contributed by atoms with Crippen molar-refractivity contribution in [3.05, 3.63) is 23.5 Å². The fourth-order valence-electron chi connectivity index (χ4n) is 2.94. The molecule has 0 spiro atoms. The maximum absolute atomic E-state index is 14.0. The first-order valence-electron chi connectivity index (χ1n) is 7.09. The van der Waals surface area contributed by atoms with Crippen LogP contribution in [-0.4, -0.2) is 19.5 Å². The molecule has 0 radical (unpaired) electrons. The van der Waals surface area contributed by atoms with Crippen molar-refractivity contribution in [2.24, 2.45) is 11.7 Å². The van der Waals surface area contributed by atoms with Crippen LogP contribution in [0.3, 0.4) is 0 Å².